The summed E-state index contributed by atoms with van der Waals surface area (Å²) in [7, 11) is -4.08. The van der Waals surface area contributed by atoms with Gasteiger partial charge in [-0.05, 0) is 62.6 Å². The minimum atomic E-state index is -4.08. The van der Waals surface area contributed by atoms with Crippen LogP contribution in [-0.2, 0) is 19.6 Å². The van der Waals surface area contributed by atoms with Gasteiger partial charge in [-0.15, -0.1) is 0 Å². The van der Waals surface area contributed by atoms with Crippen LogP contribution >= 0.6 is 0 Å². The highest BCUT2D eigenvalue weighted by atomic mass is 32.2. The van der Waals surface area contributed by atoms with Gasteiger partial charge in [0.2, 0.25) is 11.8 Å². The summed E-state index contributed by atoms with van der Waals surface area (Å²) in [5.41, 5.74) is 3.59. The number of sulfonamides is 1. The summed E-state index contributed by atoms with van der Waals surface area (Å²) in [5, 5.41) is 2.74. The van der Waals surface area contributed by atoms with Crippen molar-refractivity contribution in [2.24, 2.45) is 0 Å². The second-order valence-electron chi connectivity index (χ2n) is 6.85. The molecule has 0 saturated carbocycles. The minimum Gasteiger partial charge on any atom is -0.324 e. The molecule has 1 aliphatic rings. The summed E-state index contributed by atoms with van der Waals surface area (Å²) in [5.74, 6) is -1.06. The average molecular weight is 386 g/mol. The molecule has 6 nitrogen and oxygen atoms in total. The Hall–Kier alpha value is -2.67. The van der Waals surface area contributed by atoms with Crippen LogP contribution in [0.3, 0.4) is 0 Å². The van der Waals surface area contributed by atoms with Gasteiger partial charge in [0.25, 0.3) is 10.0 Å². The first-order valence-corrected chi connectivity index (χ1v) is 10.2. The molecule has 2 amide bonds. The Morgan fingerprint density at radius 3 is 2.33 bits per heavy atom. The summed E-state index contributed by atoms with van der Waals surface area (Å²) in [6.07, 6.45) is 0.191. The molecule has 0 aliphatic carbocycles. The number of carbonyl (C=O) groups is 2. The molecule has 1 saturated heterocycles. The highest BCUT2D eigenvalue weighted by Gasteiger charge is 2.44. The van der Waals surface area contributed by atoms with Crippen LogP contribution in [-0.4, -0.2) is 30.6 Å². The van der Waals surface area contributed by atoms with Gasteiger partial charge in [0, 0.05) is 12.1 Å². The molecule has 0 aromatic heterocycles. The van der Waals surface area contributed by atoms with Gasteiger partial charge in [0.15, 0.2) is 0 Å². The Morgan fingerprint density at radius 1 is 1.04 bits per heavy atom. The van der Waals surface area contributed by atoms with E-state index >= 15 is 0 Å². The SMILES string of the molecule is Cc1ccc(S(=O)(=O)N2C(=O)CC[C@H]2C(=O)Nc2ccc(C)c(C)c2)cc1. The lowest BCUT2D eigenvalue weighted by Gasteiger charge is -2.24. The first-order valence-electron chi connectivity index (χ1n) is 8.72. The molecule has 0 spiro atoms. The van der Waals surface area contributed by atoms with Gasteiger partial charge < -0.3 is 5.32 Å². The number of nitrogens with zero attached hydrogens (tertiary/aromatic N) is 1. The van der Waals surface area contributed by atoms with Crippen LogP contribution in [0, 0.1) is 20.8 Å². The second-order valence-corrected chi connectivity index (χ2v) is 8.67. The van der Waals surface area contributed by atoms with Crippen molar-refractivity contribution in [3.05, 3.63) is 59.2 Å². The summed E-state index contributed by atoms with van der Waals surface area (Å²) in [6, 6.07) is 10.6. The van der Waals surface area contributed by atoms with E-state index in [1.807, 2.05) is 32.9 Å². The van der Waals surface area contributed by atoms with Crippen molar-refractivity contribution < 1.29 is 18.0 Å². The summed E-state index contributed by atoms with van der Waals surface area (Å²) < 4.78 is 26.6. The van der Waals surface area contributed by atoms with E-state index in [0.717, 1.165) is 21.0 Å². The number of rotatable bonds is 4. The van der Waals surface area contributed by atoms with E-state index in [-0.39, 0.29) is 17.7 Å². The van der Waals surface area contributed by atoms with Crippen LogP contribution in [0.5, 0.6) is 0 Å². The number of carbonyl (C=O) groups excluding carboxylic acids is 2. The third kappa shape index (κ3) is 3.73. The lowest BCUT2D eigenvalue weighted by atomic mass is 10.1. The van der Waals surface area contributed by atoms with Crippen LogP contribution < -0.4 is 5.32 Å². The van der Waals surface area contributed by atoms with Gasteiger partial charge in [-0.1, -0.05) is 23.8 Å². The van der Waals surface area contributed by atoms with Crippen molar-refractivity contribution in [2.45, 2.75) is 44.6 Å². The third-order valence-electron chi connectivity index (χ3n) is 4.82. The van der Waals surface area contributed by atoms with Crippen LogP contribution in [0.15, 0.2) is 47.4 Å². The van der Waals surface area contributed by atoms with Crippen molar-refractivity contribution >= 4 is 27.5 Å². The molecular weight excluding hydrogens is 364 g/mol. The van der Waals surface area contributed by atoms with Crippen molar-refractivity contribution in [1.82, 2.24) is 4.31 Å². The van der Waals surface area contributed by atoms with Crippen LogP contribution in [0.4, 0.5) is 5.69 Å². The zero-order valence-corrected chi connectivity index (χ0v) is 16.3. The first-order chi connectivity index (χ1) is 12.7. The highest BCUT2D eigenvalue weighted by molar-refractivity contribution is 7.89. The van der Waals surface area contributed by atoms with E-state index in [2.05, 4.69) is 5.32 Å². The third-order valence-corrected chi connectivity index (χ3v) is 6.66. The van der Waals surface area contributed by atoms with Crippen molar-refractivity contribution in [3.8, 4) is 0 Å². The van der Waals surface area contributed by atoms with Gasteiger partial charge in [0.1, 0.15) is 6.04 Å². The van der Waals surface area contributed by atoms with Gasteiger partial charge in [0.05, 0.1) is 4.90 Å². The van der Waals surface area contributed by atoms with E-state index in [1.165, 1.54) is 12.1 Å². The zero-order chi connectivity index (χ0) is 19.8. The number of aryl methyl sites for hydroxylation is 3. The van der Waals surface area contributed by atoms with Crippen molar-refractivity contribution in [3.63, 3.8) is 0 Å². The molecule has 0 unspecified atom stereocenters. The predicted octanol–water partition coefficient (Wildman–Crippen LogP) is 2.93. The molecule has 1 atom stereocenters. The average Bonchev–Trinajstić information content (AvgIpc) is 3.01. The van der Waals surface area contributed by atoms with Crippen LogP contribution in [0.2, 0.25) is 0 Å². The fraction of sp³-hybridized carbons (Fsp3) is 0.300. The lowest BCUT2D eigenvalue weighted by molar-refractivity contribution is -0.128. The number of hydrogen-bond donors (Lipinski definition) is 1. The van der Waals surface area contributed by atoms with E-state index in [0.29, 0.717) is 5.69 Å². The molecule has 142 valence electrons. The normalized spacial score (nSPS) is 17.2. The molecule has 1 N–H and O–H groups in total. The van der Waals surface area contributed by atoms with Gasteiger partial charge >= 0.3 is 0 Å². The molecule has 3 rings (SSSR count). The zero-order valence-electron chi connectivity index (χ0n) is 15.5. The molecule has 27 heavy (non-hydrogen) atoms. The molecule has 2 aromatic rings. The Labute approximate surface area is 159 Å². The Morgan fingerprint density at radius 2 is 1.70 bits per heavy atom. The van der Waals surface area contributed by atoms with Crippen LogP contribution in [0.1, 0.15) is 29.5 Å². The Kier molecular flexibility index (Phi) is 5.06. The second kappa shape index (κ2) is 7.15. The maximum Gasteiger partial charge on any atom is 0.267 e. The predicted molar refractivity (Wildman–Crippen MR) is 103 cm³/mol. The highest BCUT2D eigenvalue weighted by Crippen LogP contribution is 2.28. The molecule has 1 heterocycles. The number of benzene rings is 2. The largest absolute Gasteiger partial charge is 0.324 e. The summed E-state index contributed by atoms with van der Waals surface area (Å²) in [6.45, 7) is 5.74. The number of anilines is 1. The fourth-order valence-corrected chi connectivity index (χ4v) is 4.67. The molecule has 0 bridgehead atoms. The Balaban J connectivity index is 1.88. The Bertz CT molecular complexity index is 997. The van der Waals surface area contributed by atoms with E-state index in [9.17, 15) is 18.0 Å². The molecule has 2 aromatic carbocycles. The number of nitrogens with one attached hydrogen (secondary N) is 1. The van der Waals surface area contributed by atoms with E-state index < -0.39 is 27.9 Å². The monoisotopic (exact) mass is 386 g/mol. The molecule has 1 fully saturated rings. The number of hydrogen-bond acceptors (Lipinski definition) is 4. The van der Waals surface area contributed by atoms with E-state index in [1.54, 1.807) is 18.2 Å². The van der Waals surface area contributed by atoms with Gasteiger partial charge in [-0.2, -0.15) is 0 Å². The maximum atomic E-state index is 12.9. The van der Waals surface area contributed by atoms with Crippen molar-refractivity contribution in [1.29, 1.82) is 0 Å². The van der Waals surface area contributed by atoms with Crippen molar-refractivity contribution in [2.75, 3.05) is 5.32 Å². The lowest BCUT2D eigenvalue weighted by Crippen LogP contribution is -2.45. The smallest absolute Gasteiger partial charge is 0.267 e. The molecular formula is C20H22N2O4S. The summed E-state index contributed by atoms with van der Waals surface area (Å²) >= 11 is 0. The number of amides is 2. The molecule has 7 heteroatoms. The maximum absolute atomic E-state index is 12.9. The summed E-state index contributed by atoms with van der Waals surface area (Å²) in [4.78, 5) is 25.0. The minimum absolute atomic E-state index is 0.00679. The quantitative estimate of drug-likeness (QED) is 0.876. The van der Waals surface area contributed by atoms with Gasteiger partial charge in [-0.3, -0.25) is 9.59 Å². The topological polar surface area (TPSA) is 83.6 Å². The fourth-order valence-electron chi connectivity index (χ4n) is 3.07. The van der Waals surface area contributed by atoms with E-state index in [4.69, 9.17) is 0 Å². The standard InChI is InChI=1S/C20H22N2O4S/c1-13-4-8-17(9-5-13)27(25,26)22-18(10-11-19(22)23)20(24)21-16-7-6-14(2)15(3)12-16/h4-9,12,18H,10-11H2,1-3H3,(H,21,24)/t18-/m0/s1. The molecule has 1 aliphatic heterocycles. The molecule has 0 radical (unpaired) electrons. The van der Waals surface area contributed by atoms with Crippen LogP contribution in [0.25, 0.3) is 0 Å². The first kappa shape index (κ1) is 19.1. The van der Waals surface area contributed by atoms with Gasteiger partial charge in [-0.25, -0.2) is 12.7 Å².